The Morgan fingerprint density at radius 3 is 2.67 bits per heavy atom. The highest BCUT2D eigenvalue weighted by molar-refractivity contribution is 9.10. The lowest BCUT2D eigenvalue weighted by Crippen LogP contribution is -2.36. The Hall–Kier alpha value is -1.32. The summed E-state index contributed by atoms with van der Waals surface area (Å²) in [7, 11) is 0. The maximum Gasteiger partial charge on any atom is 0.405 e. The highest BCUT2D eigenvalue weighted by Crippen LogP contribution is 2.38. The fraction of sp³-hybridized carbons (Fsp3) is 0.417. The van der Waals surface area contributed by atoms with Crippen LogP contribution in [0.25, 0.3) is 0 Å². The number of rotatable bonds is 4. The number of nitrogens with two attached hydrogens (primary N) is 1. The van der Waals surface area contributed by atoms with Crippen molar-refractivity contribution in [2.75, 3.05) is 29.9 Å². The zero-order valence-electron chi connectivity index (χ0n) is 10.7. The number of aliphatic hydroxyl groups is 1. The molecule has 0 saturated heterocycles. The number of carbonyl (C=O) groups is 1. The molecule has 0 aromatic heterocycles. The number of hydrogen-bond acceptors (Lipinski definition) is 4. The van der Waals surface area contributed by atoms with Crippen molar-refractivity contribution < 1.29 is 23.1 Å². The van der Waals surface area contributed by atoms with E-state index in [4.69, 9.17) is 10.8 Å². The number of halogens is 4. The Kier molecular flexibility index (Phi) is 4.45. The number of alkyl halides is 3. The van der Waals surface area contributed by atoms with Crippen LogP contribution in [0.15, 0.2) is 16.6 Å². The third kappa shape index (κ3) is 3.47. The van der Waals surface area contributed by atoms with E-state index < -0.39 is 31.3 Å². The lowest BCUT2D eigenvalue weighted by atomic mass is 10.1. The topological polar surface area (TPSA) is 78.6 Å². The molecule has 1 aliphatic heterocycles. The molecule has 0 radical (unpaired) electrons. The minimum Gasteiger partial charge on any atom is -0.395 e. The van der Waals surface area contributed by atoms with Crippen molar-refractivity contribution in [1.82, 2.24) is 0 Å². The van der Waals surface area contributed by atoms with Gasteiger partial charge in [-0.2, -0.15) is 13.2 Å². The lowest BCUT2D eigenvalue weighted by Gasteiger charge is -2.26. The van der Waals surface area contributed by atoms with Crippen LogP contribution in [0.4, 0.5) is 24.5 Å². The molecule has 2 rings (SSSR count). The molecular formula is C12H13BrF3N3O2. The molecule has 0 spiro atoms. The van der Waals surface area contributed by atoms with Crippen LogP contribution in [0.1, 0.15) is 11.6 Å². The van der Waals surface area contributed by atoms with E-state index >= 15 is 0 Å². The quantitative estimate of drug-likeness (QED) is 0.757. The molecule has 1 aliphatic rings. The minimum absolute atomic E-state index is 0.184. The molecule has 1 atom stereocenters. The van der Waals surface area contributed by atoms with Crippen LogP contribution in [0, 0.1) is 0 Å². The smallest absolute Gasteiger partial charge is 0.395 e. The molecule has 4 N–H and O–H groups in total. The summed E-state index contributed by atoms with van der Waals surface area (Å²) in [5.41, 5.74) is 6.81. The number of anilines is 2. The summed E-state index contributed by atoms with van der Waals surface area (Å²) in [5, 5.41) is 11.5. The van der Waals surface area contributed by atoms with E-state index in [1.807, 2.05) is 0 Å². The number of aliphatic hydroxyl groups excluding tert-OH is 1. The van der Waals surface area contributed by atoms with E-state index in [0.29, 0.717) is 15.7 Å². The molecule has 0 bridgehead atoms. The van der Waals surface area contributed by atoms with Gasteiger partial charge < -0.3 is 21.1 Å². The number of fused-ring (bicyclic) bond motifs is 1. The first kappa shape index (κ1) is 16.1. The Balaban J connectivity index is 2.38. The molecule has 21 heavy (non-hydrogen) atoms. The largest absolute Gasteiger partial charge is 0.405 e. The molecule has 1 unspecified atom stereocenters. The molecule has 5 nitrogen and oxygen atoms in total. The molecular weight excluding hydrogens is 355 g/mol. The van der Waals surface area contributed by atoms with Crippen molar-refractivity contribution in [2.24, 2.45) is 5.73 Å². The van der Waals surface area contributed by atoms with Crippen LogP contribution in [-0.4, -0.2) is 36.9 Å². The number of nitrogens with zero attached hydrogens (tertiary/aromatic N) is 1. The van der Waals surface area contributed by atoms with Crippen LogP contribution >= 0.6 is 15.9 Å². The van der Waals surface area contributed by atoms with Crippen molar-refractivity contribution in [3.63, 3.8) is 0 Å². The standard InChI is InChI=1S/C12H13BrF3N3O2/c13-7-3-6-8(18-11(21)10(6)17)4-9(7)19(1-2-20)5-12(14,15)16/h3-4,10,20H,1-2,5,17H2,(H,18,21). The Morgan fingerprint density at radius 1 is 1.43 bits per heavy atom. The summed E-state index contributed by atoms with van der Waals surface area (Å²) >= 11 is 3.19. The van der Waals surface area contributed by atoms with E-state index in [2.05, 4.69) is 21.2 Å². The molecule has 0 saturated carbocycles. The van der Waals surface area contributed by atoms with Crippen LogP contribution in [-0.2, 0) is 4.79 Å². The summed E-state index contributed by atoms with van der Waals surface area (Å²) in [6, 6.07) is 2.11. The average Bonchev–Trinajstić information content (AvgIpc) is 2.63. The zero-order valence-corrected chi connectivity index (χ0v) is 12.3. The number of benzene rings is 1. The van der Waals surface area contributed by atoms with Crippen molar-refractivity contribution in [3.8, 4) is 0 Å². The van der Waals surface area contributed by atoms with E-state index in [-0.39, 0.29) is 12.2 Å². The van der Waals surface area contributed by atoms with Crippen molar-refractivity contribution in [1.29, 1.82) is 0 Å². The van der Waals surface area contributed by atoms with Gasteiger partial charge in [0.25, 0.3) is 0 Å². The second-order valence-corrected chi connectivity index (χ2v) is 5.47. The summed E-state index contributed by atoms with van der Waals surface area (Å²) in [5.74, 6) is -0.404. The van der Waals surface area contributed by atoms with Crippen LogP contribution in [0.2, 0.25) is 0 Å². The van der Waals surface area contributed by atoms with E-state index in [9.17, 15) is 18.0 Å². The summed E-state index contributed by atoms with van der Waals surface area (Å²) in [4.78, 5) is 12.5. The molecule has 1 amide bonds. The highest BCUT2D eigenvalue weighted by atomic mass is 79.9. The monoisotopic (exact) mass is 367 g/mol. The molecule has 1 heterocycles. The maximum absolute atomic E-state index is 12.6. The number of amides is 1. The first-order chi connectivity index (χ1) is 9.73. The molecule has 0 fully saturated rings. The fourth-order valence-corrected chi connectivity index (χ4v) is 2.77. The molecule has 116 valence electrons. The Labute approximate surface area is 127 Å². The molecule has 1 aromatic rings. The van der Waals surface area contributed by atoms with Gasteiger partial charge in [-0.1, -0.05) is 0 Å². The summed E-state index contributed by atoms with van der Waals surface area (Å²) < 4.78 is 38.2. The average molecular weight is 368 g/mol. The Morgan fingerprint density at radius 2 is 2.10 bits per heavy atom. The van der Waals surface area contributed by atoms with Gasteiger partial charge in [0.05, 0.1) is 12.3 Å². The summed E-state index contributed by atoms with van der Waals surface area (Å²) in [6.07, 6.45) is -4.41. The van der Waals surface area contributed by atoms with Gasteiger partial charge in [0, 0.05) is 22.3 Å². The second kappa shape index (κ2) is 5.82. The second-order valence-electron chi connectivity index (χ2n) is 4.62. The molecule has 9 heteroatoms. The number of nitrogens with one attached hydrogen (secondary N) is 1. The van der Waals surface area contributed by atoms with E-state index in [1.54, 1.807) is 0 Å². The predicted octanol–water partition coefficient (Wildman–Crippen LogP) is 1.76. The van der Waals surface area contributed by atoms with Crippen LogP contribution < -0.4 is 16.0 Å². The normalized spacial score (nSPS) is 17.6. The summed E-state index contributed by atoms with van der Waals surface area (Å²) in [6.45, 7) is -1.81. The van der Waals surface area contributed by atoms with Gasteiger partial charge in [0.1, 0.15) is 12.6 Å². The van der Waals surface area contributed by atoms with Crippen molar-refractivity contribution in [2.45, 2.75) is 12.2 Å². The van der Waals surface area contributed by atoms with Crippen LogP contribution in [0.3, 0.4) is 0 Å². The number of carbonyl (C=O) groups excluding carboxylic acids is 1. The van der Waals surface area contributed by atoms with Crippen molar-refractivity contribution >= 4 is 33.2 Å². The first-order valence-corrected chi connectivity index (χ1v) is 6.84. The minimum atomic E-state index is -4.41. The Bertz CT molecular complexity index is 565. The maximum atomic E-state index is 12.6. The number of hydrogen-bond donors (Lipinski definition) is 3. The molecule has 0 aliphatic carbocycles. The van der Waals surface area contributed by atoms with Gasteiger partial charge in [-0.25, -0.2) is 0 Å². The van der Waals surface area contributed by atoms with Gasteiger partial charge in [-0.05, 0) is 28.1 Å². The predicted molar refractivity (Wildman–Crippen MR) is 75.1 cm³/mol. The van der Waals surface area contributed by atoms with Gasteiger partial charge in [-0.3, -0.25) is 4.79 Å². The van der Waals surface area contributed by atoms with Gasteiger partial charge >= 0.3 is 6.18 Å². The molecule has 1 aromatic carbocycles. The van der Waals surface area contributed by atoms with Gasteiger partial charge in [-0.15, -0.1) is 0 Å². The lowest BCUT2D eigenvalue weighted by molar-refractivity contribution is -0.120. The van der Waals surface area contributed by atoms with Crippen molar-refractivity contribution in [3.05, 3.63) is 22.2 Å². The van der Waals surface area contributed by atoms with Gasteiger partial charge in [0.15, 0.2) is 0 Å². The zero-order chi connectivity index (χ0) is 15.8. The van der Waals surface area contributed by atoms with E-state index in [1.165, 1.54) is 12.1 Å². The van der Waals surface area contributed by atoms with Gasteiger partial charge in [0.2, 0.25) is 5.91 Å². The highest BCUT2D eigenvalue weighted by Gasteiger charge is 2.33. The third-order valence-corrected chi connectivity index (χ3v) is 3.71. The first-order valence-electron chi connectivity index (χ1n) is 6.05. The SMILES string of the molecule is NC1C(=O)Nc2cc(N(CCO)CC(F)(F)F)c(Br)cc21. The van der Waals surface area contributed by atoms with Crippen LogP contribution in [0.5, 0.6) is 0 Å². The van der Waals surface area contributed by atoms with E-state index in [0.717, 1.165) is 4.90 Å². The fourth-order valence-electron chi connectivity index (χ4n) is 2.16. The third-order valence-electron chi connectivity index (χ3n) is 3.08.